The summed E-state index contributed by atoms with van der Waals surface area (Å²) in [6.07, 6.45) is 9.75. The van der Waals surface area contributed by atoms with Crippen LogP contribution in [0.5, 0.6) is 0 Å². The van der Waals surface area contributed by atoms with Gasteiger partial charge in [-0.15, -0.1) is 0 Å². The van der Waals surface area contributed by atoms with Crippen LogP contribution in [-0.2, 0) is 42.9 Å². The van der Waals surface area contributed by atoms with Crippen molar-refractivity contribution in [1.29, 1.82) is 0 Å². The topological polar surface area (TPSA) is 156 Å². The van der Waals surface area contributed by atoms with Gasteiger partial charge in [-0.1, -0.05) is 58.3 Å². The fourth-order valence-corrected chi connectivity index (χ4v) is 5.17. The third-order valence-corrected chi connectivity index (χ3v) is 7.65. The second-order valence-corrected chi connectivity index (χ2v) is 14.7. The van der Waals surface area contributed by atoms with E-state index in [9.17, 15) is 24.0 Å². The van der Waals surface area contributed by atoms with Crippen LogP contribution in [0.15, 0.2) is 0 Å². The van der Waals surface area contributed by atoms with Gasteiger partial charge in [0.25, 0.3) is 0 Å². The number of nitrogens with one attached hydrogen (secondary N) is 2. The third-order valence-electron chi connectivity index (χ3n) is 6.62. The van der Waals surface area contributed by atoms with Crippen LogP contribution in [0, 0.1) is 0 Å². The zero-order chi connectivity index (χ0) is 35.9. The minimum Gasteiger partial charge on any atom is -0.467 e. The number of thioether (sulfide) groups is 1. The number of hydrogen-bond donors (Lipinski definition) is 2. The van der Waals surface area contributed by atoms with Crippen molar-refractivity contribution in [2.24, 2.45) is 0 Å². The van der Waals surface area contributed by atoms with E-state index in [1.54, 1.807) is 20.8 Å². The smallest absolute Gasteiger partial charge is 0.408 e. The van der Waals surface area contributed by atoms with Crippen LogP contribution >= 0.6 is 11.8 Å². The summed E-state index contributed by atoms with van der Waals surface area (Å²) in [5.74, 6) is -1.80. The molecule has 0 aliphatic heterocycles. The van der Waals surface area contributed by atoms with Crippen molar-refractivity contribution in [2.45, 2.75) is 155 Å². The molecule has 0 radical (unpaired) electrons. The first-order chi connectivity index (χ1) is 22.0. The van der Waals surface area contributed by atoms with Gasteiger partial charge in [0.15, 0.2) is 6.04 Å². The molecule has 2 amide bonds. The average Bonchev–Trinajstić information content (AvgIpc) is 2.95. The molecule has 0 rings (SSSR count). The number of amides is 2. The predicted octanol–water partition coefficient (Wildman–Crippen LogP) is 5.87. The Hall–Kier alpha value is -2.54. The van der Waals surface area contributed by atoms with Crippen molar-refractivity contribution in [3.05, 3.63) is 0 Å². The van der Waals surface area contributed by atoms with E-state index in [1.807, 2.05) is 20.8 Å². The number of carbonyl (C=O) groups excluding carboxylic acids is 5. The van der Waals surface area contributed by atoms with E-state index >= 15 is 0 Å². The average molecular weight is 691 g/mol. The van der Waals surface area contributed by atoms with Crippen LogP contribution in [0.1, 0.15) is 126 Å². The summed E-state index contributed by atoms with van der Waals surface area (Å²) in [6.45, 7) is 14.0. The lowest BCUT2D eigenvalue weighted by molar-refractivity contribution is -0.153. The zero-order valence-corrected chi connectivity index (χ0v) is 31.1. The molecule has 0 saturated heterocycles. The first-order valence-electron chi connectivity index (χ1n) is 16.9. The largest absolute Gasteiger partial charge is 0.467 e. The van der Waals surface area contributed by atoms with E-state index in [1.165, 1.54) is 64.3 Å². The van der Waals surface area contributed by atoms with Gasteiger partial charge in [-0.05, 0) is 54.4 Å². The maximum Gasteiger partial charge on any atom is 0.408 e. The second kappa shape index (κ2) is 24.6. The van der Waals surface area contributed by atoms with Gasteiger partial charge in [-0.25, -0.2) is 9.59 Å². The van der Waals surface area contributed by atoms with E-state index < -0.39 is 59.3 Å². The highest BCUT2D eigenvalue weighted by atomic mass is 32.2. The molecule has 0 fully saturated rings. The molecule has 1 unspecified atom stereocenters. The van der Waals surface area contributed by atoms with Gasteiger partial charge in [0.1, 0.15) is 24.4 Å². The molecule has 274 valence electrons. The maximum atomic E-state index is 13.2. The summed E-state index contributed by atoms with van der Waals surface area (Å²) >= 11 is 1.27. The molecule has 2 N–H and O–H groups in total. The number of hydrogen-bond acceptors (Lipinski definition) is 11. The van der Waals surface area contributed by atoms with E-state index in [-0.39, 0.29) is 25.4 Å². The molecule has 0 bridgehead atoms. The van der Waals surface area contributed by atoms with Crippen LogP contribution in [0.3, 0.4) is 0 Å². The lowest BCUT2D eigenvalue weighted by Gasteiger charge is -2.26. The fourth-order valence-electron chi connectivity index (χ4n) is 4.33. The van der Waals surface area contributed by atoms with Crippen LogP contribution in [0.25, 0.3) is 0 Å². The standard InChI is InChI=1S/C34H62N2O10S/c1-10-11-12-13-14-15-16-17-18-19-26(45-25(2)37)22-29(38)43-20-21-47-24-28(36-32(41)46-34(6,7)8)30(39)35-27(31(40)42-9)23-44-33(3,4)5/h26-28H,10-24H2,1-9H3,(H,35,39)(H,36,41)/t26?,27-,28+/m0/s1. The number of esters is 3. The van der Waals surface area contributed by atoms with Crippen molar-refractivity contribution in [3.8, 4) is 0 Å². The number of unbranched alkanes of at least 4 members (excludes halogenated alkanes) is 8. The Morgan fingerprint density at radius 1 is 0.787 bits per heavy atom. The molecule has 12 nitrogen and oxygen atoms in total. The first kappa shape index (κ1) is 44.5. The van der Waals surface area contributed by atoms with E-state index in [2.05, 4.69) is 17.6 Å². The number of alkyl carbamates (subject to hydrolysis) is 1. The normalized spacial score (nSPS) is 13.6. The summed E-state index contributed by atoms with van der Waals surface area (Å²) in [6, 6.07) is -2.17. The third kappa shape index (κ3) is 26.1. The quantitative estimate of drug-likeness (QED) is 0.0710. The molecule has 3 atom stereocenters. The van der Waals surface area contributed by atoms with Crippen molar-refractivity contribution in [1.82, 2.24) is 10.6 Å². The summed E-state index contributed by atoms with van der Waals surface area (Å²) < 4.78 is 26.5. The van der Waals surface area contributed by atoms with Gasteiger partial charge in [-0.2, -0.15) is 11.8 Å². The van der Waals surface area contributed by atoms with Gasteiger partial charge in [0.05, 0.1) is 25.7 Å². The Balaban J connectivity index is 4.94. The molecular formula is C34H62N2O10S. The molecule has 0 heterocycles. The summed E-state index contributed by atoms with van der Waals surface area (Å²) in [5, 5.41) is 5.15. The summed E-state index contributed by atoms with van der Waals surface area (Å²) in [7, 11) is 1.21. The highest BCUT2D eigenvalue weighted by Crippen LogP contribution is 2.16. The van der Waals surface area contributed by atoms with Gasteiger partial charge in [0.2, 0.25) is 5.91 Å². The van der Waals surface area contributed by atoms with Crippen molar-refractivity contribution < 1.29 is 47.7 Å². The Morgan fingerprint density at radius 3 is 1.91 bits per heavy atom. The maximum absolute atomic E-state index is 13.2. The molecule has 13 heteroatoms. The van der Waals surface area contributed by atoms with Gasteiger partial charge >= 0.3 is 24.0 Å². The van der Waals surface area contributed by atoms with E-state index in [0.29, 0.717) is 12.2 Å². The van der Waals surface area contributed by atoms with Crippen LogP contribution in [0.4, 0.5) is 4.79 Å². The number of carbonyl (C=O) groups is 5. The Kier molecular flexibility index (Phi) is 23.3. The van der Waals surface area contributed by atoms with Gasteiger partial charge < -0.3 is 34.3 Å². The molecule has 0 saturated carbocycles. The Morgan fingerprint density at radius 2 is 1.38 bits per heavy atom. The lowest BCUT2D eigenvalue weighted by atomic mass is 10.0. The molecule has 0 aromatic carbocycles. The zero-order valence-electron chi connectivity index (χ0n) is 30.3. The summed E-state index contributed by atoms with van der Waals surface area (Å²) in [4.78, 5) is 62.1. The fraction of sp³-hybridized carbons (Fsp3) is 0.853. The van der Waals surface area contributed by atoms with Crippen molar-refractivity contribution >= 4 is 41.7 Å². The molecule has 0 aliphatic carbocycles. The van der Waals surface area contributed by atoms with E-state index in [4.69, 9.17) is 23.7 Å². The lowest BCUT2D eigenvalue weighted by Crippen LogP contribution is -2.55. The molecular weight excluding hydrogens is 628 g/mol. The monoisotopic (exact) mass is 690 g/mol. The van der Waals surface area contributed by atoms with Gasteiger partial charge in [0, 0.05) is 18.4 Å². The number of ether oxygens (including phenoxy) is 5. The van der Waals surface area contributed by atoms with Crippen LogP contribution < -0.4 is 10.6 Å². The number of methoxy groups -OCH3 is 1. The minimum absolute atomic E-state index is 0.0297. The first-order valence-corrected chi connectivity index (χ1v) is 18.0. The van der Waals surface area contributed by atoms with Crippen molar-refractivity contribution in [2.75, 3.05) is 31.8 Å². The predicted molar refractivity (Wildman–Crippen MR) is 183 cm³/mol. The molecule has 0 aliphatic rings. The highest BCUT2D eigenvalue weighted by Gasteiger charge is 2.30. The van der Waals surface area contributed by atoms with Gasteiger partial charge in [-0.3, -0.25) is 14.4 Å². The molecule has 47 heavy (non-hydrogen) atoms. The molecule has 0 aromatic rings. The second-order valence-electron chi connectivity index (χ2n) is 13.6. The van der Waals surface area contributed by atoms with Crippen LogP contribution in [0.2, 0.25) is 0 Å². The highest BCUT2D eigenvalue weighted by molar-refractivity contribution is 7.99. The molecule has 0 spiro atoms. The summed E-state index contributed by atoms with van der Waals surface area (Å²) in [5.41, 5.74) is -1.36. The number of rotatable bonds is 24. The SMILES string of the molecule is CCCCCCCCCCCC(CC(=O)OCCSC[C@@H](NC(=O)OC(C)(C)C)C(=O)N[C@@H](COC(C)(C)C)C(=O)OC)OC(C)=O. The van der Waals surface area contributed by atoms with Crippen molar-refractivity contribution in [3.63, 3.8) is 0 Å². The Labute approximate surface area is 286 Å². The van der Waals surface area contributed by atoms with E-state index in [0.717, 1.165) is 19.3 Å². The Bertz CT molecular complexity index is 933. The van der Waals surface area contributed by atoms with Crippen LogP contribution in [-0.4, -0.2) is 91.1 Å². The molecule has 0 aromatic heterocycles. The minimum atomic E-state index is -1.10.